The first-order chi connectivity index (χ1) is 9.59. The van der Waals surface area contributed by atoms with Crippen LogP contribution in [0.3, 0.4) is 0 Å². The summed E-state index contributed by atoms with van der Waals surface area (Å²) in [7, 11) is 0. The molecule has 1 heterocycles. The SMILES string of the molecule is Cc1cccc([C@@H]2CCCCN2CCCC(=O)O)c1C. The van der Waals surface area contributed by atoms with Gasteiger partial charge in [0.05, 0.1) is 0 Å². The van der Waals surface area contributed by atoms with E-state index in [9.17, 15) is 4.79 Å². The lowest BCUT2D eigenvalue weighted by atomic mass is 9.90. The molecule has 1 atom stereocenters. The van der Waals surface area contributed by atoms with Crippen LogP contribution in [0.4, 0.5) is 0 Å². The smallest absolute Gasteiger partial charge is 0.303 e. The van der Waals surface area contributed by atoms with Gasteiger partial charge in [0.2, 0.25) is 0 Å². The van der Waals surface area contributed by atoms with E-state index in [1.165, 1.54) is 36.0 Å². The zero-order valence-corrected chi connectivity index (χ0v) is 12.6. The number of benzene rings is 1. The number of rotatable bonds is 5. The van der Waals surface area contributed by atoms with Gasteiger partial charge in [-0.3, -0.25) is 9.69 Å². The number of hydrogen-bond donors (Lipinski definition) is 1. The van der Waals surface area contributed by atoms with Gasteiger partial charge in [-0.25, -0.2) is 0 Å². The second-order valence-corrected chi connectivity index (χ2v) is 5.83. The van der Waals surface area contributed by atoms with Crippen LogP contribution in [-0.4, -0.2) is 29.1 Å². The number of carboxylic acid groups (broad SMARTS) is 1. The summed E-state index contributed by atoms with van der Waals surface area (Å²) in [6, 6.07) is 7.01. The lowest BCUT2D eigenvalue weighted by Crippen LogP contribution is -2.34. The average Bonchev–Trinajstić information content (AvgIpc) is 2.42. The summed E-state index contributed by atoms with van der Waals surface area (Å²) < 4.78 is 0. The van der Waals surface area contributed by atoms with Crippen LogP contribution in [0.25, 0.3) is 0 Å². The molecule has 0 radical (unpaired) electrons. The van der Waals surface area contributed by atoms with Gasteiger partial charge >= 0.3 is 5.97 Å². The van der Waals surface area contributed by atoms with E-state index >= 15 is 0 Å². The number of nitrogens with zero attached hydrogens (tertiary/aromatic N) is 1. The fraction of sp³-hybridized carbons (Fsp3) is 0.588. The zero-order valence-electron chi connectivity index (χ0n) is 12.6. The first-order valence-electron chi connectivity index (χ1n) is 7.61. The van der Waals surface area contributed by atoms with Gasteiger partial charge in [0.15, 0.2) is 0 Å². The normalized spacial score (nSPS) is 20.0. The van der Waals surface area contributed by atoms with Crippen molar-refractivity contribution in [2.24, 2.45) is 0 Å². The fourth-order valence-corrected chi connectivity index (χ4v) is 3.18. The van der Waals surface area contributed by atoms with Crippen LogP contribution >= 0.6 is 0 Å². The minimum Gasteiger partial charge on any atom is -0.481 e. The number of aryl methyl sites for hydroxylation is 1. The lowest BCUT2D eigenvalue weighted by Gasteiger charge is -2.37. The van der Waals surface area contributed by atoms with Gasteiger partial charge in [0.1, 0.15) is 0 Å². The van der Waals surface area contributed by atoms with E-state index in [2.05, 4.69) is 36.9 Å². The molecule has 2 rings (SSSR count). The summed E-state index contributed by atoms with van der Waals surface area (Å²) in [5.41, 5.74) is 4.17. The van der Waals surface area contributed by atoms with Crippen molar-refractivity contribution in [2.45, 2.75) is 52.0 Å². The lowest BCUT2D eigenvalue weighted by molar-refractivity contribution is -0.137. The molecule has 1 aromatic carbocycles. The number of carbonyl (C=O) groups is 1. The van der Waals surface area contributed by atoms with Gasteiger partial charge in [-0.2, -0.15) is 0 Å². The Bertz CT molecular complexity index is 470. The third-order valence-electron chi connectivity index (χ3n) is 4.46. The highest BCUT2D eigenvalue weighted by Crippen LogP contribution is 2.33. The summed E-state index contributed by atoms with van der Waals surface area (Å²) in [6.07, 6.45) is 4.71. The summed E-state index contributed by atoms with van der Waals surface area (Å²) in [5.74, 6) is -0.690. The van der Waals surface area contributed by atoms with E-state index in [1.54, 1.807) is 0 Å². The average molecular weight is 275 g/mol. The van der Waals surface area contributed by atoms with Gasteiger partial charge < -0.3 is 5.11 Å². The van der Waals surface area contributed by atoms with Crippen molar-refractivity contribution in [1.82, 2.24) is 4.90 Å². The summed E-state index contributed by atoms with van der Waals surface area (Å²) in [5, 5.41) is 8.79. The Morgan fingerprint density at radius 3 is 2.90 bits per heavy atom. The molecule has 20 heavy (non-hydrogen) atoms. The molecule has 1 N–H and O–H groups in total. The molecule has 0 aliphatic carbocycles. The molecular weight excluding hydrogens is 250 g/mol. The molecule has 1 saturated heterocycles. The van der Waals surface area contributed by atoms with E-state index < -0.39 is 5.97 Å². The van der Waals surface area contributed by atoms with E-state index in [0.717, 1.165) is 19.5 Å². The predicted molar refractivity (Wildman–Crippen MR) is 81.0 cm³/mol. The van der Waals surface area contributed by atoms with Crippen LogP contribution in [0.15, 0.2) is 18.2 Å². The van der Waals surface area contributed by atoms with Crippen molar-refractivity contribution in [1.29, 1.82) is 0 Å². The minimum atomic E-state index is -0.690. The standard InChI is InChI=1S/C17H25NO2/c1-13-7-5-8-15(14(13)2)16-9-3-4-11-18(16)12-6-10-17(19)20/h5,7-8,16H,3-4,6,9-12H2,1-2H3,(H,19,20)/t16-/m0/s1. The molecule has 3 nitrogen and oxygen atoms in total. The highest BCUT2D eigenvalue weighted by Gasteiger charge is 2.25. The maximum absolute atomic E-state index is 10.7. The van der Waals surface area contributed by atoms with Crippen molar-refractivity contribution in [3.8, 4) is 0 Å². The number of piperidine rings is 1. The van der Waals surface area contributed by atoms with Crippen LogP contribution in [0, 0.1) is 13.8 Å². The topological polar surface area (TPSA) is 40.5 Å². The third kappa shape index (κ3) is 3.60. The maximum atomic E-state index is 10.7. The van der Waals surface area contributed by atoms with Crippen molar-refractivity contribution in [3.05, 3.63) is 34.9 Å². The first kappa shape index (κ1) is 15.0. The molecule has 0 amide bonds. The Kier molecular flexibility index (Phi) is 5.18. The Morgan fingerprint density at radius 1 is 1.35 bits per heavy atom. The molecule has 1 aliphatic rings. The van der Waals surface area contributed by atoms with Crippen LogP contribution in [0.1, 0.15) is 54.8 Å². The van der Waals surface area contributed by atoms with Gasteiger partial charge in [-0.15, -0.1) is 0 Å². The van der Waals surface area contributed by atoms with Crippen molar-refractivity contribution >= 4 is 5.97 Å². The van der Waals surface area contributed by atoms with Crippen molar-refractivity contribution in [2.75, 3.05) is 13.1 Å². The first-order valence-corrected chi connectivity index (χ1v) is 7.61. The molecule has 1 fully saturated rings. The number of aliphatic carboxylic acids is 1. The van der Waals surface area contributed by atoms with Gasteiger partial charge in [0.25, 0.3) is 0 Å². The predicted octanol–water partition coefficient (Wildman–Crippen LogP) is 3.70. The molecule has 1 aliphatic heterocycles. The zero-order chi connectivity index (χ0) is 14.5. The van der Waals surface area contributed by atoms with Gasteiger partial charge in [0, 0.05) is 12.5 Å². The van der Waals surface area contributed by atoms with E-state index in [1.807, 2.05) is 0 Å². The monoisotopic (exact) mass is 275 g/mol. The molecule has 0 spiro atoms. The minimum absolute atomic E-state index is 0.274. The van der Waals surface area contributed by atoms with Gasteiger partial charge in [-0.05, 0) is 62.9 Å². The highest BCUT2D eigenvalue weighted by atomic mass is 16.4. The summed E-state index contributed by atoms with van der Waals surface area (Å²) >= 11 is 0. The molecular formula is C17H25NO2. The van der Waals surface area contributed by atoms with Crippen molar-refractivity contribution in [3.63, 3.8) is 0 Å². The highest BCUT2D eigenvalue weighted by molar-refractivity contribution is 5.66. The molecule has 0 unspecified atom stereocenters. The molecule has 0 bridgehead atoms. The van der Waals surface area contributed by atoms with E-state index in [0.29, 0.717) is 6.04 Å². The molecule has 0 saturated carbocycles. The number of hydrogen-bond acceptors (Lipinski definition) is 2. The molecule has 3 heteroatoms. The van der Waals surface area contributed by atoms with Crippen LogP contribution < -0.4 is 0 Å². The van der Waals surface area contributed by atoms with Crippen LogP contribution in [0.5, 0.6) is 0 Å². The molecule has 1 aromatic rings. The Labute approximate surface area is 121 Å². The Morgan fingerprint density at radius 2 is 2.15 bits per heavy atom. The summed E-state index contributed by atoms with van der Waals surface area (Å²) in [4.78, 5) is 13.2. The van der Waals surface area contributed by atoms with Crippen LogP contribution in [0.2, 0.25) is 0 Å². The number of carboxylic acids is 1. The van der Waals surface area contributed by atoms with E-state index in [-0.39, 0.29) is 6.42 Å². The summed E-state index contributed by atoms with van der Waals surface area (Å²) in [6.45, 7) is 6.35. The van der Waals surface area contributed by atoms with Gasteiger partial charge in [-0.1, -0.05) is 24.6 Å². The largest absolute Gasteiger partial charge is 0.481 e. The quantitative estimate of drug-likeness (QED) is 0.891. The second-order valence-electron chi connectivity index (χ2n) is 5.83. The second kappa shape index (κ2) is 6.89. The van der Waals surface area contributed by atoms with E-state index in [4.69, 9.17) is 5.11 Å². The fourth-order valence-electron chi connectivity index (χ4n) is 3.18. The Hall–Kier alpha value is -1.35. The Balaban J connectivity index is 2.10. The number of likely N-dealkylation sites (tertiary alicyclic amines) is 1. The molecule has 0 aromatic heterocycles. The molecule has 110 valence electrons. The van der Waals surface area contributed by atoms with Crippen LogP contribution in [-0.2, 0) is 4.79 Å². The maximum Gasteiger partial charge on any atom is 0.303 e. The third-order valence-corrected chi connectivity index (χ3v) is 4.46. The van der Waals surface area contributed by atoms with Crippen molar-refractivity contribution < 1.29 is 9.90 Å².